The first kappa shape index (κ1) is 14.8. The van der Waals surface area contributed by atoms with Crippen LogP contribution in [0.3, 0.4) is 0 Å². The summed E-state index contributed by atoms with van der Waals surface area (Å²) in [6, 6.07) is 0. The minimum absolute atomic E-state index is 0.753. The largest absolute Gasteiger partial charge is 0.248 e. The SMILES string of the molecule is CCCCCCc1cn[pH]c1CCCCCC. The molecule has 0 aliphatic carbocycles. The maximum Gasteiger partial charge on any atom is 0.0344 e. The molecule has 98 valence electrons. The molecule has 1 nitrogen and oxygen atoms in total. The van der Waals surface area contributed by atoms with Crippen molar-refractivity contribution < 1.29 is 0 Å². The van der Waals surface area contributed by atoms with Crippen molar-refractivity contribution >= 4 is 8.35 Å². The van der Waals surface area contributed by atoms with Crippen molar-refractivity contribution in [2.75, 3.05) is 0 Å². The van der Waals surface area contributed by atoms with E-state index in [2.05, 4.69) is 24.8 Å². The lowest BCUT2D eigenvalue weighted by atomic mass is 10.0. The van der Waals surface area contributed by atoms with Crippen LogP contribution >= 0.6 is 8.35 Å². The van der Waals surface area contributed by atoms with Crippen molar-refractivity contribution in [3.05, 3.63) is 17.1 Å². The molecule has 0 spiro atoms. The van der Waals surface area contributed by atoms with Crippen molar-refractivity contribution in [1.29, 1.82) is 0 Å². The predicted molar refractivity (Wildman–Crippen MR) is 79.4 cm³/mol. The zero-order valence-electron chi connectivity index (χ0n) is 11.6. The van der Waals surface area contributed by atoms with Crippen LogP contribution in [0, 0.1) is 0 Å². The zero-order valence-corrected chi connectivity index (χ0v) is 12.6. The highest BCUT2D eigenvalue weighted by Gasteiger charge is 2.04. The highest BCUT2D eigenvalue weighted by atomic mass is 31.0. The highest BCUT2D eigenvalue weighted by Crippen LogP contribution is 2.23. The van der Waals surface area contributed by atoms with Crippen LogP contribution < -0.4 is 0 Å². The standard InChI is InChI=1S/C15H28NP/c1-3-5-7-9-11-14-13-16-17-15(14)12-10-8-6-4-2/h13,17H,3-12H2,1-2H3. The van der Waals surface area contributed by atoms with Crippen LogP contribution in [0.4, 0.5) is 0 Å². The van der Waals surface area contributed by atoms with Gasteiger partial charge in [0.1, 0.15) is 0 Å². The first-order chi connectivity index (χ1) is 8.38. The molecule has 0 aromatic carbocycles. The van der Waals surface area contributed by atoms with E-state index in [-0.39, 0.29) is 0 Å². The molecule has 0 amide bonds. The number of hydrogen-bond donors (Lipinski definition) is 0. The number of aromatic nitrogens is 1. The van der Waals surface area contributed by atoms with Crippen LogP contribution in [0.25, 0.3) is 0 Å². The minimum atomic E-state index is 0.753. The van der Waals surface area contributed by atoms with Crippen molar-refractivity contribution in [2.45, 2.75) is 78.1 Å². The molecule has 1 aromatic rings. The molecule has 1 aromatic heterocycles. The lowest BCUT2D eigenvalue weighted by molar-refractivity contribution is 0.654. The molecule has 0 aliphatic rings. The second-order valence-electron chi connectivity index (χ2n) is 5.00. The number of unbranched alkanes of at least 4 members (excludes halogenated alkanes) is 6. The third-order valence-corrected chi connectivity index (χ3v) is 4.49. The molecule has 17 heavy (non-hydrogen) atoms. The van der Waals surface area contributed by atoms with E-state index in [1.807, 2.05) is 0 Å². The Bertz CT molecular complexity index is 254. The fraction of sp³-hybridized carbons (Fsp3) is 0.800. The Hall–Kier alpha value is -0.290. The number of nitrogens with zero attached hydrogens (tertiary/aromatic N) is 1. The van der Waals surface area contributed by atoms with E-state index in [1.165, 1.54) is 64.2 Å². The molecule has 0 fully saturated rings. The first-order valence-corrected chi connectivity index (χ1v) is 8.34. The molecule has 0 bridgehead atoms. The first-order valence-electron chi connectivity index (χ1n) is 7.39. The molecule has 0 saturated heterocycles. The molecule has 1 atom stereocenters. The van der Waals surface area contributed by atoms with Gasteiger partial charge in [-0.25, -0.2) is 4.75 Å². The highest BCUT2D eigenvalue weighted by molar-refractivity contribution is 7.26. The van der Waals surface area contributed by atoms with Crippen LogP contribution in [0.2, 0.25) is 0 Å². The summed E-state index contributed by atoms with van der Waals surface area (Å²) in [6.45, 7) is 4.55. The Morgan fingerprint density at radius 2 is 1.53 bits per heavy atom. The molecular weight excluding hydrogens is 225 g/mol. The summed E-state index contributed by atoms with van der Waals surface area (Å²) in [5.74, 6) is 0. The number of rotatable bonds is 10. The Labute approximate surface area is 109 Å². The van der Waals surface area contributed by atoms with Gasteiger partial charge in [0.05, 0.1) is 0 Å². The van der Waals surface area contributed by atoms with E-state index < -0.39 is 0 Å². The molecule has 1 rings (SSSR count). The van der Waals surface area contributed by atoms with E-state index in [4.69, 9.17) is 0 Å². The minimum Gasteiger partial charge on any atom is -0.248 e. The van der Waals surface area contributed by atoms with Crippen molar-refractivity contribution in [3.63, 3.8) is 0 Å². The Morgan fingerprint density at radius 1 is 0.882 bits per heavy atom. The van der Waals surface area contributed by atoms with Gasteiger partial charge in [0, 0.05) is 6.20 Å². The summed E-state index contributed by atoms with van der Waals surface area (Å²) in [4.78, 5) is 0. The molecular formula is C15H28NP. The Balaban J connectivity index is 2.22. The molecule has 2 heteroatoms. The normalized spacial score (nSPS) is 11.4. The summed E-state index contributed by atoms with van der Waals surface area (Å²) in [7, 11) is 0.753. The number of aryl methyl sites for hydroxylation is 2. The molecule has 1 heterocycles. The average molecular weight is 253 g/mol. The van der Waals surface area contributed by atoms with Gasteiger partial charge in [-0.15, -0.1) is 0 Å². The van der Waals surface area contributed by atoms with Crippen LogP contribution in [0.1, 0.15) is 76.1 Å². The average Bonchev–Trinajstić information content (AvgIpc) is 2.78. The van der Waals surface area contributed by atoms with Gasteiger partial charge in [-0.05, 0) is 44.9 Å². The van der Waals surface area contributed by atoms with Crippen molar-refractivity contribution in [1.82, 2.24) is 4.75 Å². The van der Waals surface area contributed by atoms with Gasteiger partial charge in [0.25, 0.3) is 0 Å². The second-order valence-corrected chi connectivity index (χ2v) is 6.08. The topological polar surface area (TPSA) is 12.9 Å². The van der Waals surface area contributed by atoms with E-state index in [1.54, 1.807) is 10.9 Å². The van der Waals surface area contributed by atoms with Crippen molar-refractivity contribution in [2.24, 2.45) is 0 Å². The van der Waals surface area contributed by atoms with Gasteiger partial charge in [-0.1, -0.05) is 52.4 Å². The quantitative estimate of drug-likeness (QED) is 0.512. The zero-order chi connectivity index (χ0) is 12.3. The van der Waals surface area contributed by atoms with Gasteiger partial charge in [0.15, 0.2) is 0 Å². The number of hydrogen-bond acceptors (Lipinski definition) is 1. The molecule has 1 unspecified atom stereocenters. The fourth-order valence-corrected chi connectivity index (χ4v) is 3.24. The third kappa shape index (κ3) is 6.27. The smallest absolute Gasteiger partial charge is 0.0344 e. The summed E-state index contributed by atoms with van der Waals surface area (Å²) >= 11 is 0. The van der Waals surface area contributed by atoms with E-state index in [0.29, 0.717) is 0 Å². The lowest BCUT2D eigenvalue weighted by Crippen LogP contribution is -1.90. The van der Waals surface area contributed by atoms with Crippen LogP contribution in [0.5, 0.6) is 0 Å². The third-order valence-electron chi connectivity index (χ3n) is 3.39. The van der Waals surface area contributed by atoms with Crippen molar-refractivity contribution in [3.8, 4) is 0 Å². The molecule has 0 N–H and O–H groups in total. The van der Waals surface area contributed by atoms with E-state index in [9.17, 15) is 0 Å². The lowest BCUT2D eigenvalue weighted by Gasteiger charge is -2.03. The van der Waals surface area contributed by atoms with Crippen LogP contribution in [-0.4, -0.2) is 4.75 Å². The van der Waals surface area contributed by atoms with Gasteiger partial charge in [0.2, 0.25) is 0 Å². The summed E-state index contributed by atoms with van der Waals surface area (Å²) < 4.78 is 4.47. The summed E-state index contributed by atoms with van der Waals surface area (Å²) in [5.41, 5.74) is 1.58. The fourth-order valence-electron chi connectivity index (χ4n) is 2.24. The monoisotopic (exact) mass is 253 g/mol. The van der Waals surface area contributed by atoms with Gasteiger partial charge in [-0.3, -0.25) is 0 Å². The Kier molecular flexibility index (Phi) is 8.44. The molecule has 0 aliphatic heterocycles. The maximum absolute atomic E-state index is 4.47. The van der Waals surface area contributed by atoms with Gasteiger partial charge >= 0.3 is 0 Å². The Morgan fingerprint density at radius 3 is 2.18 bits per heavy atom. The van der Waals surface area contributed by atoms with Gasteiger partial charge in [-0.2, -0.15) is 0 Å². The van der Waals surface area contributed by atoms with E-state index in [0.717, 1.165) is 8.35 Å². The molecule has 0 saturated carbocycles. The van der Waals surface area contributed by atoms with Crippen LogP contribution in [-0.2, 0) is 12.8 Å². The predicted octanol–water partition coefficient (Wildman–Crippen LogP) is 5.36. The molecule has 0 radical (unpaired) electrons. The summed E-state index contributed by atoms with van der Waals surface area (Å²) in [5, 5.41) is 1.66. The van der Waals surface area contributed by atoms with E-state index >= 15 is 0 Å². The maximum atomic E-state index is 4.47. The van der Waals surface area contributed by atoms with Gasteiger partial charge < -0.3 is 0 Å². The second kappa shape index (κ2) is 9.71. The summed E-state index contributed by atoms with van der Waals surface area (Å²) in [6.07, 6.45) is 15.7. The van der Waals surface area contributed by atoms with Crippen LogP contribution in [0.15, 0.2) is 6.20 Å².